The van der Waals surface area contributed by atoms with Crippen LogP contribution in [0.4, 0.5) is 0 Å². The fourth-order valence-corrected chi connectivity index (χ4v) is 2.34. The SMILES string of the molecule is CCc1ccc(Oc2ccccc2)c(-c2ccccc2)c1. The fourth-order valence-electron chi connectivity index (χ4n) is 2.34. The van der Waals surface area contributed by atoms with Gasteiger partial charge in [0.25, 0.3) is 0 Å². The second-order valence-electron chi connectivity index (χ2n) is 4.97. The lowest BCUT2D eigenvalue weighted by atomic mass is 10.0. The topological polar surface area (TPSA) is 9.23 Å². The van der Waals surface area contributed by atoms with Gasteiger partial charge in [0.2, 0.25) is 0 Å². The van der Waals surface area contributed by atoms with E-state index in [1.165, 1.54) is 11.1 Å². The summed E-state index contributed by atoms with van der Waals surface area (Å²) in [6.07, 6.45) is 1.02. The molecule has 0 saturated carbocycles. The van der Waals surface area contributed by atoms with Crippen LogP contribution in [0.25, 0.3) is 11.1 Å². The largest absolute Gasteiger partial charge is 0.457 e. The van der Waals surface area contributed by atoms with Gasteiger partial charge in [0.1, 0.15) is 11.5 Å². The van der Waals surface area contributed by atoms with Gasteiger partial charge in [0.15, 0.2) is 0 Å². The Morgan fingerprint density at radius 2 is 1.43 bits per heavy atom. The summed E-state index contributed by atoms with van der Waals surface area (Å²) in [6, 6.07) is 26.7. The third kappa shape index (κ3) is 3.14. The van der Waals surface area contributed by atoms with Crippen LogP contribution in [0.1, 0.15) is 12.5 Å². The average Bonchev–Trinajstić information content (AvgIpc) is 2.57. The number of ether oxygens (including phenoxy) is 1. The van der Waals surface area contributed by atoms with Crippen molar-refractivity contribution in [2.24, 2.45) is 0 Å². The van der Waals surface area contributed by atoms with Gasteiger partial charge in [0.05, 0.1) is 0 Å². The van der Waals surface area contributed by atoms with Gasteiger partial charge in [-0.3, -0.25) is 0 Å². The van der Waals surface area contributed by atoms with Gasteiger partial charge in [-0.05, 0) is 41.8 Å². The zero-order chi connectivity index (χ0) is 14.5. The summed E-state index contributed by atoms with van der Waals surface area (Å²) in [4.78, 5) is 0. The summed E-state index contributed by atoms with van der Waals surface area (Å²) in [5, 5.41) is 0. The van der Waals surface area contributed by atoms with Gasteiger partial charge in [-0.15, -0.1) is 0 Å². The summed E-state index contributed by atoms with van der Waals surface area (Å²) in [5.41, 5.74) is 3.63. The molecule has 104 valence electrons. The third-order valence-corrected chi connectivity index (χ3v) is 3.51. The predicted octanol–water partition coefficient (Wildman–Crippen LogP) is 5.71. The van der Waals surface area contributed by atoms with Crippen molar-refractivity contribution in [2.45, 2.75) is 13.3 Å². The molecule has 0 aliphatic carbocycles. The van der Waals surface area contributed by atoms with E-state index in [0.717, 1.165) is 23.5 Å². The van der Waals surface area contributed by atoms with E-state index in [1.54, 1.807) is 0 Å². The summed E-state index contributed by atoms with van der Waals surface area (Å²) in [5.74, 6) is 1.75. The van der Waals surface area contributed by atoms with E-state index in [-0.39, 0.29) is 0 Å². The lowest BCUT2D eigenvalue weighted by Gasteiger charge is -2.13. The maximum Gasteiger partial charge on any atom is 0.135 e. The minimum Gasteiger partial charge on any atom is -0.457 e. The van der Waals surface area contributed by atoms with Crippen molar-refractivity contribution in [1.29, 1.82) is 0 Å². The van der Waals surface area contributed by atoms with Crippen molar-refractivity contribution in [3.63, 3.8) is 0 Å². The van der Waals surface area contributed by atoms with Crippen LogP contribution >= 0.6 is 0 Å². The minimum atomic E-state index is 0.860. The minimum absolute atomic E-state index is 0.860. The number of aryl methyl sites for hydroxylation is 1. The molecule has 0 amide bonds. The molecule has 0 bridgehead atoms. The molecule has 3 aromatic rings. The molecule has 0 aliphatic heterocycles. The first-order valence-electron chi connectivity index (χ1n) is 7.28. The molecule has 0 aliphatic rings. The van der Waals surface area contributed by atoms with Crippen LogP contribution in [0.2, 0.25) is 0 Å². The lowest BCUT2D eigenvalue weighted by molar-refractivity contribution is 0.484. The smallest absolute Gasteiger partial charge is 0.135 e. The maximum absolute atomic E-state index is 6.06. The van der Waals surface area contributed by atoms with E-state index >= 15 is 0 Å². The molecule has 3 rings (SSSR count). The Kier molecular flexibility index (Phi) is 4.02. The molecule has 0 unspecified atom stereocenters. The molecule has 0 aromatic heterocycles. The van der Waals surface area contributed by atoms with Gasteiger partial charge >= 0.3 is 0 Å². The molecule has 3 aromatic carbocycles. The van der Waals surface area contributed by atoms with E-state index in [2.05, 4.69) is 49.4 Å². The van der Waals surface area contributed by atoms with Crippen LogP contribution in [0.15, 0.2) is 78.9 Å². The Morgan fingerprint density at radius 1 is 0.762 bits per heavy atom. The molecular weight excluding hydrogens is 256 g/mol. The predicted molar refractivity (Wildman–Crippen MR) is 87.8 cm³/mol. The van der Waals surface area contributed by atoms with Gasteiger partial charge in [-0.25, -0.2) is 0 Å². The zero-order valence-electron chi connectivity index (χ0n) is 12.1. The number of rotatable bonds is 4. The normalized spacial score (nSPS) is 10.3. The molecule has 1 nitrogen and oxygen atoms in total. The molecule has 0 radical (unpaired) electrons. The van der Waals surface area contributed by atoms with E-state index < -0.39 is 0 Å². The van der Waals surface area contributed by atoms with Gasteiger partial charge in [-0.1, -0.05) is 61.5 Å². The van der Waals surface area contributed by atoms with Crippen molar-refractivity contribution in [3.8, 4) is 22.6 Å². The molecular formula is C20H18O. The van der Waals surface area contributed by atoms with Crippen molar-refractivity contribution in [3.05, 3.63) is 84.4 Å². The Morgan fingerprint density at radius 3 is 2.10 bits per heavy atom. The lowest BCUT2D eigenvalue weighted by Crippen LogP contribution is -1.90. The molecule has 0 atom stereocenters. The number of para-hydroxylation sites is 1. The molecule has 1 heteroatoms. The first-order chi connectivity index (χ1) is 10.4. The van der Waals surface area contributed by atoms with Crippen LogP contribution < -0.4 is 4.74 Å². The Bertz CT molecular complexity index is 702. The van der Waals surface area contributed by atoms with Crippen molar-refractivity contribution >= 4 is 0 Å². The highest BCUT2D eigenvalue weighted by molar-refractivity contribution is 5.71. The monoisotopic (exact) mass is 274 g/mol. The molecule has 0 N–H and O–H groups in total. The number of hydrogen-bond acceptors (Lipinski definition) is 1. The van der Waals surface area contributed by atoms with E-state index in [9.17, 15) is 0 Å². The highest BCUT2D eigenvalue weighted by Gasteiger charge is 2.08. The Labute approximate surface area is 125 Å². The van der Waals surface area contributed by atoms with Crippen LogP contribution in [-0.2, 0) is 6.42 Å². The van der Waals surface area contributed by atoms with E-state index in [1.807, 2.05) is 36.4 Å². The average molecular weight is 274 g/mol. The fraction of sp³-hybridized carbons (Fsp3) is 0.100. The zero-order valence-corrected chi connectivity index (χ0v) is 12.1. The Hall–Kier alpha value is -2.54. The second-order valence-corrected chi connectivity index (χ2v) is 4.97. The molecule has 0 heterocycles. The van der Waals surface area contributed by atoms with Gasteiger partial charge < -0.3 is 4.74 Å². The molecule has 0 fully saturated rings. The van der Waals surface area contributed by atoms with Crippen molar-refractivity contribution in [1.82, 2.24) is 0 Å². The first kappa shape index (κ1) is 13.4. The summed E-state index contributed by atoms with van der Waals surface area (Å²) >= 11 is 0. The first-order valence-corrected chi connectivity index (χ1v) is 7.28. The summed E-state index contributed by atoms with van der Waals surface area (Å²) in [7, 11) is 0. The van der Waals surface area contributed by atoms with Crippen LogP contribution in [-0.4, -0.2) is 0 Å². The highest BCUT2D eigenvalue weighted by Crippen LogP contribution is 2.34. The molecule has 0 spiro atoms. The van der Waals surface area contributed by atoms with Crippen LogP contribution in [0, 0.1) is 0 Å². The maximum atomic E-state index is 6.06. The Balaban J connectivity index is 2.04. The summed E-state index contributed by atoms with van der Waals surface area (Å²) in [6.45, 7) is 2.17. The van der Waals surface area contributed by atoms with E-state index in [4.69, 9.17) is 4.74 Å². The van der Waals surface area contributed by atoms with Gasteiger partial charge in [-0.2, -0.15) is 0 Å². The standard InChI is InChI=1S/C20H18O/c1-2-16-13-14-20(21-18-11-7-4-8-12-18)19(15-16)17-9-5-3-6-10-17/h3-15H,2H2,1H3. The number of benzene rings is 3. The molecule has 0 saturated heterocycles. The van der Waals surface area contributed by atoms with Crippen LogP contribution in [0.3, 0.4) is 0 Å². The molecule has 21 heavy (non-hydrogen) atoms. The highest BCUT2D eigenvalue weighted by atomic mass is 16.5. The quantitative estimate of drug-likeness (QED) is 0.592. The van der Waals surface area contributed by atoms with Crippen molar-refractivity contribution < 1.29 is 4.74 Å². The van der Waals surface area contributed by atoms with Crippen LogP contribution in [0.5, 0.6) is 11.5 Å². The summed E-state index contributed by atoms with van der Waals surface area (Å²) < 4.78 is 6.06. The third-order valence-electron chi connectivity index (χ3n) is 3.51. The van der Waals surface area contributed by atoms with E-state index in [0.29, 0.717) is 0 Å². The number of hydrogen-bond donors (Lipinski definition) is 0. The second kappa shape index (κ2) is 6.27. The van der Waals surface area contributed by atoms with Gasteiger partial charge in [0, 0.05) is 5.56 Å². The van der Waals surface area contributed by atoms with Crippen molar-refractivity contribution in [2.75, 3.05) is 0 Å².